The molecule has 1 aromatic rings. The maximum atomic E-state index is 11.5. The summed E-state index contributed by atoms with van der Waals surface area (Å²) in [5, 5.41) is 8.55. The third-order valence-electron chi connectivity index (χ3n) is 3.06. The highest BCUT2D eigenvalue weighted by Crippen LogP contribution is 2.17. The zero-order valence-electron chi connectivity index (χ0n) is 10.1. The number of carboxylic acids is 1. The van der Waals surface area contributed by atoms with Gasteiger partial charge in [-0.1, -0.05) is 0 Å². The molecule has 0 saturated carbocycles. The van der Waals surface area contributed by atoms with E-state index in [2.05, 4.69) is 9.88 Å². The first kappa shape index (κ1) is 12.5. The van der Waals surface area contributed by atoms with Gasteiger partial charge in [-0.25, -0.2) is 4.98 Å². The maximum Gasteiger partial charge on any atom is 0.311 e. The summed E-state index contributed by atoms with van der Waals surface area (Å²) >= 11 is 0. The first-order chi connectivity index (χ1) is 8.66. The number of hydrogen-bond donors (Lipinski definition) is 1. The molecule has 0 radical (unpaired) electrons. The topological polar surface area (TPSA) is 70.5 Å². The predicted octanol–water partition coefficient (Wildman–Crippen LogP) is 1.73. The molecule has 0 amide bonds. The van der Waals surface area contributed by atoms with E-state index in [4.69, 9.17) is 5.11 Å². The van der Waals surface area contributed by atoms with Crippen LogP contribution in [0, 0.1) is 0 Å². The molecule has 0 spiro atoms. The van der Waals surface area contributed by atoms with Gasteiger partial charge in [0, 0.05) is 24.8 Å². The smallest absolute Gasteiger partial charge is 0.311 e. The summed E-state index contributed by atoms with van der Waals surface area (Å²) in [5.74, 6) is -0.651. The molecule has 1 aliphatic heterocycles. The fourth-order valence-electron chi connectivity index (χ4n) is 2.10. The SMILES string of the molecule is O=C(O)CC(=O)c1ccc(N2CCCCC2)nc1. The molecule has 0 unspecified atom stereocenters. The molecule has 5 heteroatoms. The van der Waals surface area contributed by atoms with E-state index in [0.29, 0.717) is 5.56 Å². The Morgan fingerprint density at radius 1 is 1.22 bits per heavy atom. The Hall–Kier alpha value is -1.91. The Morgan fingerprint density at radius 3 is 2.50 bits per heavy atom. The van der Waals surface area contributed by atoms with Crippen LogP contribution in [0.5, 0.6) is 0 Å². The molecule has 2 heterocycles. The standard InChI is InChI=1S/C13H16N2O3/c16-11(8-13(17)18)10-4-5-12(14-9-10)15-6-2-1-3-7-15/h4-5,9H,1-3,6-8H2,(H,17,18). The average Bonchev–Trinajstić information content (AvgIpc) is 2.39. The van der Waals surface area contributed by atoms with Gasteiger partial charge in [-0.05, 0) is 31.4 Å². The predicted molar refractivity (Wildman–Crippen MR) is 66.9 cm³/mol. The van der Waals surface area contributed by atoms with Crippen LogP contribution in [0.15, 0.2) is 18.3 Å². The van der Waals surface area contributed by atoms with E-state index in [-0.39, 0.29) is 0 Å². The molecule has 1 N–H and O–H groups in total. The number of aliphatic carboxylic acids is 1. The largest absolute Gasteiger partial charge is 0.481 e. The highest BCUT2D eigenvalue weighted by atomic mass is 16.4. The summed E-state index contributed by atoms with van der Waals surface area (Å²) in [6.45, 7) is 1.99. The average molecular weight is 248 g/mol. The lowest BCUT2D eigenvalue weighted by Crippen LogP contribution is -2.30. The van der Waals surface area contributed by atoms with Crippen molar-refractivity contribution in [1.82, 2.24) is 4.98 Å². The second-order valence-corrected chi connectivity index (χ2v) is 4.45. The third kappa shape index (κ3) is 3.06. The lowest BCUT2D eigenvalue weighted by molar-refractivity contribution is -0.135. The lowest BCUT2D eigenvalue weighted by Gasteiger charge is -2.27. The number of anilines is 1. The summed E-state index contributed by atoms with van der Waals surface area (Å²) in [6.07, 6.45) is 4.58. The van der Waals surface area contributed by atoms with Gasteiger partial charge < -0.3 is 10.0 Å². The number of rotatable bonds is 4. The number of carbonyl (C=O) groups is 2. The number of piperidine rings is 1. The minimum atomic E-state index is -1.11. The van der Waals surface area contributed by atoms with Gasteiger partial charge in [0.25, 0.3) is 0 Å². The fraction of sp³-hybridized carbons (Fsp3) is 0.462. The molecule has 96 valence electrons. The highest BCUT2D eigenvalue weighted by Gasteiger charge is 2.14. The van der Waals surface area contributed by atoms with Crippen molar-refractivity contribution in [3.63, 3.8) is 0 Å². The number of ketones is 1. The van der Waals surface area contributed by atoms with E-state index >= 15 is 0 Å². The second kappa shape index (κ2) is 5.62. The quantitative estimate of drug-likeness (QED) is 0.649. The first-order valence-corrected chi connectivity index (χ1v) is 6.13. The molecule has 1 aliphatic rings. The van der Waals surface area contributed by atoms with Crippen molar-refractivity contribution in [3.05, 3.63) is 23.9 Å². The second-order valence-electron chi connectivity index (χ2n) is 4.45. The Kier molecular flexibility index (Phi) is 3.92. The molecule has 0 aliphatic carbocycles. The zero-order chi connectivity index (χ0) is 13.0. The monoisotopic (exact) mass is 248 g/mol. The van der Waals surface area contributed by atoms with Gasteiger partial charge in [0.1, 0.15) is 12.2 Å². The van der Waals surface area contributed by atoms with Crippen molar-refractivity contribution in [3.8, 4) is 0 Å². The van der Waals surface area contributed by atoms with Crippen LogP contribution in [0.3, 0.4) is 0 Å². The molecule has 0 atom stereocenters. The summed E-state index contributed by atoms with van der Waals surface area (Å²) < 4.78 is 0. The number of aromatic nitrogens is 1. The van der Waals surface area contributed by atoms with Gasteiger partial charge in [0.15, 0.2) is 5.78 Å². The molecular formula is C13H16N2O3. The van der Waals surface area contributed by atoms with Crippen LogP contribution >= 0.6 is 0 Å². The van der Waals surface area contributed by atoms with E-state index in [1.54, 1.807) is 12.1 Å². The molecule has 18 heavy (non-hydrogen) atoms. The van der Waals surface area contributed by atoms with E-state index in [1.165, 1.54) is 25.5 Å². The van der Waals surface area contributed by atoms with Crippen molar-refractivity contribution in [1.29, 1.82) is 0 Å². The van der Waals surface area contributed by atoms with Crippen molar-refractivity contribution >= 4 is 17.6 Å². The van der Waals surface area contributed by atoms with Crippen LogP contribution in [0.25, 0.3) is 0 Å². The van der Waals surface area contributed by atoms with Gasteiger partial charge >= 0.3 is 5.97 Å². The van der Waals surface area contributed by atoms with Crippen molar-refractivity contribution in [2.24, 2.45) is 0 Å². The first-order valence-electron chi connectivity index (χ1n) is 6.13. The summed E-state index contributed by atoms with van der Waals surface area (Å²) in [4.78, 5) is 28.4. The number of hydrogen-bond acceptors (Lipinski definition) is 4. The van der Waals surface area contributed by atoms with E-state index in [9.17, 15) is 9.59 Å². The molecule has 1 aromatic heterocycles. The van der Waals surface area contributed by atoms with Gasteiger partial charge in [-0.15, -0.1) is 0 Å². The van der Waals surface area contributed by atoms with Gasteiger partial charge in [-0.3, -0.25) is 9.59 Å². The van der Waals surface area contributed by atoms with Crippen LogP contribution in [-0.2, 0) is 4.79 Å². The Bertz CT molecular complexity index is 436. The van der Waals surface area contributed by atoms with Gasteiger partial charge in [0.05, 0.1) is 0 Å². The minimum absolute atomic E-state index is 0.359. The summed E-state index contributed by atoms with van der Waals surface area (Å²) in [6, 6.07) is 3.45. The third-order valence-corrected chi connectivity index (χ3v) is 3.06. The van der Waals surface area contributed by atoms with Crippen LogP contribution in [0.2, 0.25) is 0 Å². The van der Waals surface area contributed by atoms with Crippen LogP contribution in [-0.4, -0.2) is 34.9 Å². The van der Waals surface area contributed by atoms with Crippen LogP contribution in [0.4, 0.5) is 5.82 Å². The number of Topliss-reactive ketones (excluding diaryl/α,β-unsaturated/α-hetero) is 1. The van der Waals surface area contributed by atoms with Gasteiger partial charge in [-0.2, -0.15) is 0 Å². The molecule has 1 fully saturated rings. The number of pyridine rings is 1. The fourth-order valence-corrected chi connectivity index (χ4v) is 2.10. The number of carbonyl (C=O) groups excluding carboxylic acids is 1. The molecule has 0 aromatic carbocycles. The van der Waals surface area contributed by atoms with E-state index in [0.717, 1.165) is 18.9 Å². The maximum absolute atomic E-state index is 11.5. The normalized spacial score (nSPS) is 15.4. The van der Waals surface area contributed by atoms with E-state index in [1.807, 2.05) is 0 Å². The minimum Gasteiger partial charge on any atom is -0.481 e. The van der Waals surface area contributed by atoms with Crippen molar-refractivity contribution in [2.45, 2.75) is 25.7 Å². The summed E-state index contributed by atoms with van der Waals surface area (Å²) in [5.41, 5.74) is 0.359. The molecule has 0 bridgehead atoms. The van der Waals surface area contributed by atoms with E-state index < -0.39 is 18.2 Å². The molecule has 5 nitrogen and oxygen atoms in total. The Labute approximate surface area is 105 Å². The lowest BCUT2D eigenvalue weighted by atomic mass is 10.1. The van der Waals surface area contributed by atoms with Gasteiger partial charge in [0.2, 0.25) is 0 Å². The number of carboxylic acid groups (broad SMARTS) is 1. The molecule has 2 rings (SSSR count). The highest BCUT2D eigenvalue weighted by molar-refractivity contribution is 6.05. The van der Waals surface area contributed by atoms with Crippen LogP contribution < -0.4 is 4.90 Å². The molecule has 1 saturated heterocycles. The Morgan fingerprint density at radius 2 is 1.94 bits per heavy atom. The van der Waals surface area contributed by atoms with Crippen molar-refractivity contribution < 1.29 is 14.7 Å². The van der Waals surface area contributed by atoms with Crippen LogP contribution in [0.1, 0.15) is 36.0 Å². The molecular weight excluding hydrogens is 232 g/mol. The Balaban J connectivity index is 2.04. The van der Waals surface area contributed by atoms with Crippen molar-refractivity contribution in [2.75, 3.05) is 18.0 Å². The number of nitrogens with zero attached hydrogens (tertiary/aromatic N) is 2. The summed E-state index contributed by atoms with van der Waals surface area (Å²) in [7, 11) is 0. The zero-order valence-corrected chi connectivity index (χ0v) is 10.1.